The second-order valence-electron chi connectivity index (χ2n) is 5.01. The van der Waals surface area contributed by atoms with E-state index >= 15 is 0 Å². The fourth-order valence-electron chi connectivity index (χ4n) is 1.62. The molecule has 0 aliphatic heterocycles. The topological polar surface area (TPSA) is 40.5 Å². The van der Waals surface area contributed by atoms with Crippen molar-refractivity contribution in [2.75, 3.05) is 13.2 Å². The number of hydrogen-bond donors (Lipinski definition) is 2. The van der Waals surface area contributed by atoms with Crippen LogP contribution < -0.4 is 0 Å². The van der Waals surface area contributed by atoms with E-state index in [1.807, 2.05) is 36.4 Å². The Labute approximate surface area is 123 Å². The third-order valence-corrected chi connectivity index (χ3v) is 2.77. The van der Waals surface area contributed by atoms with Gasteiger partial charge in [0.25, 0.3) is 0 Å². The van der Waals surface area contributed by atoms with Crippen molar-refractivity contribution in [3.05, 3.63) is 59.2 Å². The molecule has 0 aliphatic carbocycles. The lowest BCUT2D eigenvalue weighted by Gasteiger charge is -1.96. The predicted octanol–water partition coefficient (Wildman–Crippen LogP) is 3.89. The summed E-state index contributed by atoms with van der Waals surface area (Å²) < 4.78 is 0. The third kappa shape index (κ3) is 11.7. The van der Waals surface area contributed by atoms with Gasteiger partial charge in [0.1, 0.15) is 0 Å². The second-order valence-corrected chi connectivity index (χ2v) is 5.01. The van der Waals surface area contributed by atoms with Gasteiger partial charge in [-0.25, -0.2) is 0 Å². The number of aliphatic hydroxyl groups excluding tert-OH is 2. The van der Waals surface area contributed by atoms with Gasteiger partial charge in [-0.2, -0.15) is 0 Å². The minimum Gasteiger partial charge on any atom is -0.396 e. The molecule has 2 N–H and O–H groups in total. The summed E-state index contributed by atoms with van der Waals surface area (Å²) in [4.78, 5) is 0. The molecule has 0 fully saturated rings. The molecular weight excluding hydrogens is 248 g/mol. The van der Waals surface area contributed by atoms with Crippen LogP contribution in [0.15, 0.2) is 53.6 Å². The van der Waals surface area contributed by atoms with Crippen LogP contribution in [0.1, 0.15) is 39.2 Å². The van der Waals surface area contributed by atoms with Crippen LogP contribution >= 0.6 is 0 Å². The van der Waals surface area contributed by atoms with Crippen LogP contribution in [-0.4, -0.2) is 23.4 Å². The van der Waals surface area contributed by atoms with Crippen molar-refractivity contribution in [3.8, 4) is 0 Å². The summed E-state index contributed by atoms with van der Waals surface area (Å²) in [7, 11) is 0. The summed E-state index contributed by atoms with van der Waals surface area (Å²) in [5, 5.41) is 17.1. The first-order valence-corrected chi connectivity index (χ1v) is 7.14. The van der Waals surface area contributed by atoms with Crippen LogP contribution in [-0.2, 0) is 6.42 Å². The fourth-order valence-corrected chi connectivity index (χ4v) is 1.62. The molecule has 0 heterocycles. The van der Waals surface area contributed by atoms with E-state index in [1.165, 1.54) is 16.7 Å². The van der Waals surface area contributed by atoms with Crippen LogP contribution in [0.5, 0.6) is 0 Å². The van der Waals surface area contributed by atoms with Gasteiger partial charge in [0.2, 0.25) is 0 Å². The Hall–Kier alpha value is -1.38. The largest absolute Gasteiger partial charge is 0.396 e. The van der Waals surface area contributed by atoms with Gasteiger partial charge in [0, 0.05) is 6.61 Å². The Morgan fingerprint density at radius 3 is 2.15 bits per heavy atom. The normalized spacial score (nSPS) is 10.6. The van der Waals surface area contributed by atoms with Crippen LogP contribution in [0.3, 0.4) is 0 Å². The fraction of sp³-hybridized carbons (Fsp3) is 0.444. The van der Waals surface area contributed by atoms with Crippen LogP contribution in [0.4, 0.5) is 0 Å². The van der Waals surface area contributed by atoms with Gasteiger partial charge in [0.15, 0.2) is 0 Å². The average Bonchev–Trinajstić information content (AvgIpc) is 2.41. The molecule has 0 bridgehead atoms. The van der Waals surface area contributed by atoms with Gasteiger partial charge in [-0.1, -0.05) is 53.6 Å². The molecule has 2 nitrogen and oxygen atoms in total. The van der Waals surface area contributed by atoms with Gasteiger partial charge < -0.3 is 10.2 Å². The number of aliphatic hydroxyl groups is 2. The SMILES string of the molecule is CC(C)=CCC/C(C)=C\CO.OCCc1ccccc1. The molecule has 0 spiro atoms. The zero-order chi connectivity index (χ0) is 15.2. The zero-order valence-electron chi connectivity index (χ0n) is 13.0. The molecule has 0 aliphatic rings. The molecule has 2 heteroatoms. The molecule has 0 saturated heterocycles. The summed E-state index contributed by atoms with van der Waals surface area (Å²) in [6.07, 6.45) is 6.99. The van der Waals surface area contributed by atoms with E-state index < -0.39 is 0 Å². The van der Waals surface area contributed by atoms with Crippen molar-refractivity contribution < 1.29 is 10.2 Å². The summed E-state index contributed by atoms with van der Waals surface area (Å²) in [6.45, 7) is 6.66. The van der Waals surface area contributed by atoms with Crippen molar-refractivity contribution in [3.63, 3.8) is 0 Å². The summed E-state index contributed by atoms with van der Waals surface area (Å²) in [6, 6.07) is 9.95. The van der Waals surface area contributed by atoms with E-state index in [1.54, 1.807) is 0 Å². The summed E-state index contributed by atoms with van der Waals surface area (Å²) in [5.41, 5.74) is 3.83. The van der Waals surface area contributed by atoms with E-state index in [0.29, 0.717) is 0 Å². The van der Waals surface area contributed by atoms with E-state index in [4.69, 9.17) is 10.2 Å². The van der Waals surface area contributed by atoms with Crippen molar-refractivity contribution in [2.24, 2.45) is 0 Å². The Morgan fingerprint density at radius 2 is 1.65 bits per heavy atom. The Bertz CT molecular complexity index is 387. The zero-order valence-corrected chi connectivity index (χ0v) is 13.0. The lowest BCUT2D eigenvalue weighted by Crippen LogP contribution is -1.88. The lowest BCUT2D eigenvalue weighted by atomic mass is 10.1. The molecule has 112 valence electrons. The first-order chi connectivity index (χ1) is 9.60. The molecule has 20 heavy (non-hydrogen) atoms. The molecule has 0 saturated carbocycles. The van der Waals surface area contributed by atoms with Gasteiger partial charge in [-0.15, -0.1) is 0 Å². The smallest absolute Gasteiger partial charge is 0.0614 e. The first-order valence-electron chi connectivity index (χ1n) is 7.14. The standard InChI is InChI=1S/C10H18O.C8H10O/c1-9(2)5-4-6-10(3)7-8-11;9-7-6-8-4-2-1-3-5-8/h5,7,11H,4,6,8H2,1-3H3;1-5,9H,6-7H2/b10-7-;. The van der Waals surface area contributed by atoms with Gasteiger partial charge in [0.05, 0.1) is 6.61 Å². The third-order valence-electron chi connectivity index (χ3n) is 2.77. The average molecular weight is 276 g/mol. The lowest BCUT2D eigenvalue weighted by molar-refractivity contribution is 0.299. The molecular formula is C18H28O2. The maximum atomic E-state index is 8.55. The number of hydrogen-bond acceptors (Lipinski definition) is 2. The number of allylic oxidation sites excluding steroid dienone is 3. The van der Waals surface area contributed by atoms with Gasteiger partial charge >= 0.3 is 0 Å². The molecule has 1 rings (SSSR count). The maximum Gasteiger partial charge on any atom is 0.0614 e. The van der Waals surface area contributed by atoms with E-state index in [0.717, 1.165) is 19.3 Å². The molecule has 0 atom stereocenters. The van der Waals surface area contributed by atoms with Gasteiger partial charge in [-0.05, 0) is 45.6 Å². The van der Waals surface area contributed by atoms with Crippen LogP contribution in [0.2, 0.25) is 0 Å². The number of benzene rings is 1. The maximum absolute atomic E-state index is 8.55. The highest BCUT2D eigenvalue weighted by Gasteiger charge is 1.87. The predicted molar refractivity (Wildman–Crippen MR) is 86.7 cm³/mol. The molecule has 1 aromatic carbocycles. The van der Waals surface area contributed by atoms with Crippen molar-refractivity contribution in [1.82, 2.24) is 0 Å². The first kappa shape index (κ1) is 18.6. The van der Waals surface area contributed by atoms with Crippen molar-refractivity contribution in [2.45, 2.75) is 40.0 Å². The minimum atomic E-state index is 0.167. The minimum absolute atomic E-state index is 0.167. The van der Waals surface area contributed by atoms with Crippen molar-refractivity contribution in [1.29, 1.82) is 0 Å². The highest BCUT2D eigenvalue weighted by atomic mass is 16.3. The van der Waals surface area contributed by atoms with Gasteiger partial charge in [-0.3, -0.25) is 0 Å². The quantitative estimate of drug-likeness (QED) is 0.774. The van der Waals surface area contributed by atoms with Crippen LogP contribution in [0.25, 0.3) is 0 Å². The summed E-state index contributed by atoms with van der Waals surface area (Å²) >= 11 is 0. The molecule has 0 aromatic heterocycles. The summed E-state index contributed by atoms with van der Waals surface area (Å²) in [5.74, 6) is 0. The van der Waals surface area contributed by atoms with Crippen LogP contribution in [0, 0.1) is 0 Å². The molecule has 0 radical (unpaired) electrons. The molecule has 1 aromatic rings. The Kier molecular flexibility index (Phi) is 11.8. The number of rotatable bonds is 6. The van der Waals surface area contributed by atoms with E-state index in [9.17, 15) is 0 Å². The monoisotopic (exact) mass is 276 g/mol. The molecule has 0 amide bonds. The highest BCUT2D eigenvalue weighted by molar-refractivity contribution is 5.14. The van der Waals surface area contributed by atoms with Crippen molar-refractivity contribution >= 4 is 0 Å². The Morgan fingerprint density at radius 1 is 1.00 bits per heavy atom. The van der Waals surface area contributed by atoms with E-state index in [-0.39, 0.29) is 13.2 Å². The Balaban J connectivity index is 0.000000367. The highest BCUT2D eigenvalue weighted by Crippen LogP contribution is 2.05. The second kappa shape index (κ2) is 12.6. The molecule has 0 unspecified atom stereocenters. The van der Waals surface area contributed by atoms with E-state index in [2.05, 4.69) is 26.8 Å².